The third-order valence-corrected chi connectivity index (χ3v) is 3.80. The Kier molecular flexibility index (Phi) is 5.90. The van der Waals surface area contributed by atoms with Crippen molar-refractivity contribution in [3.8, 4) is 0 Å². The summed E-state index contributed by atoms with van der Waals surface area (Å²) in [6.45, 7) is 7.72. The maximum atomic E-state index is 5.87. The first kappa shape index (κ1) is 14.9. The molecule has 0 heterocycles. The van der Waals surface area contributed by atoms with Crippen LogP contribution in [0.25, 0.3) is 0 Å². The Morgan fingerprint density at radius 2 is 1.88 bits per heavy atom. The van der Waals surface area contributed by atoms with Gasteiger partial charge < -0.3 is 16.0 Å². The number of hydrogen-bond donors (Lipinski definition) is 2. The molecule has 17 heavy (non-hydrogen) atoms. The predicted octanol–water partition coefficient (Wildman–Crippen LogP) is 1.68. The van der Waals surface area contributed by atoms with E-state index in [0.29, 0.717) is 17.4 Å². The molecule has 0 aliphatic heterocycles. The topological polar surface area (TPSA) is 41.3 Å². The van der Waals surface area contributed by atoms with Crippen molar-refractivity contribution in [3.63, 3.8) is 0 Å². The number of nitrogens with zero attached hydrogens (tertiary/aromatic N) is 1. The standard InChI is InChI=1S/C14H31N3/c1-14(2,11-17(3)4)10-16-13-8-6-5-7-12(13)9-15/h12-13,16H,5-11,15H2,1-4H3. The first-order valence-corrected chi connectivity index (χ1v) is 7.03. The molecule has 3 N–H and O–H groups in total. The molecular weight excluding hydrogens is 210 g/mol. The zero-order valence-corrected chi connectivity index (χ0v) is 12.1. The van der Waals surface area contributed by atoms with Gasteiger partial charge in [-0.25, -0.2) is 0 Å². The van der Waals surface area contributed by atoms with Gasteiger partial charge in [0.2, 0.25) is 0 Å². The van der Waals surface area contributed by atoms with E-state index < -0.39 is 0 Å². The van der Waals surface area contributed by atoms with Crippen LogP contribution in [0.4, 0.5) is 0 Å². The molecule has 0 amide bonds. The van der Waals surface area contributed by atoms with E-state index in [1.165, 1.54) is 25.7 Å². The molecule has 1 saturated carbocycles. The Labute approximate surface area is 107 Å². The smallest absolute Gasteiger partial charge is 0.0108 e. The Balaban J connectivity index is 2.37. The molecule has 0 bridgehead atoms. The Morgan fingerprint density at radius 3 is 2.47 bits per heavy atom. The van der Waals surface area contributed by atoms with Crippen LogP contribution < -0.4 is 11.1 Å². The summed E-state index contributed by atoms with van der Waals surface area (Å²) in [4.78, 5) is 2.27. The second-order valence-corrected chi connectivity index (χ2v) is 6.67. The van der Waals surface area contributed by atoms with Gasteiger partial charge in [0.15, 0.2) is 0 Å². The summed E-state index contributed by atoms with van der Waals surface area (Å²) in [5.41, 5.74) is 6.20. The van der Waals surface area contributed by atoms with Gasteiger partial charge in [-0.15, -0.1) is 0 Å². The van der Waals surface area contributed by atoms with E-state index >= 15 is 0 Å². The molecule has 0 radical (unpaired) electrons. The van der Waals surface area contributed by atoms with Crippen molar-refractivity contribution in [2.45, 2.75) is 45.6 Å². The summed E-state index contributed by atoms with van der Waals surface area (Å²) in [6, 6.07) is 0.648. The molecule has 2 unspecified atom stereocenters. The van der Waals surface area contributed by atoms with E-state index in [1.54, 1.807) is 0 Å². The van der Waals surface area contributed by atoms with Crippen molar-refractivity contribution in [2.24, 2.45) is 17.1 Å². The fourth-order valence-electron chi connectivity index (χ4n) is 3.08. The van der Waals surface area contributed by atoms with Crippen LogP contribution >= 0.6 is 0 Å². The van der Waals surface area contributed by atoms with Gasteiger partial charge >= 0.3 is 0 Å². The lowest BCUT2D eigenvalue weighted by molar-refractivity contribution is 0.196. The number of hydrogen-bond acceptors (Lipinski definition) is 3. The fourth-order valence-corrected chi connectivity index (χ4v) is 3.08. The lowest BCUT2D eigenvalue weighted by atomic mass is 9.83. The third-order valence-electron chi connectivity index (χ3n) is 3.80. The van der Waals surface area contributed by atoms with Gasteiger partial charge in [0.05, 0.1) is 0 Å². The van der Waals surface area contributed by atoms with Crippen LogP contribution in [0.2, 0.25) is 0 Å². The van der Waals surface area contributed by atoms with Crippen molar-refractivity contribution in [1.29, 1.82) is 0 Å². The highest BCUT2D eigenvalue weighted by atomic mass is 15.1. The molecule has 0 saturated heterocycles. The van der Waals surface area contributed by atoms with Crippen molar-refractivity contribution < 1.29 is 0 Å². The molecule has 1 aliphatic rings. The molecule has 0 spiro atoms. The van der Waals surface area contributed by atoms with Crippen molar-refractivity contribution in [1.82, 2.24) is 10.2 Å². The normalized spacial score (nSPS) is 26.5. The summed E-state index contributed by atoms with van der Waals surface area (Å²) >= 11 is 0. The highest BCUT2D eigenvalue weighted by Gasteiger charge is 2.26. The minimum atomic E-state index is 0.333. The molecule has 0 aromatic heterocycles. The zero-order valence-electron chi connectivity index (χ0n) is 12.1. The SMILES string of the molecule is CN(C)CC(C)(C)CNC1CCCCC1CN. The minimum Gasteiger partial charge on any atom is -0.330 e. The van der Waals surface area contributed by atoms with Crippen LogP contribution in [-0.2, 0) is 0 Å². The van der Waals surface area contributed by atoms with E-state index in [9.17, 15) is 0 Å². The van der Waals surface area contributed by atoms with Gasteiger partial charge in [-0.3, -0.25) is 0 Å². The van der Waals surface area contributed by atoms with Crippen molar-refractivity contribution >= 4 is 0 Å². The first-order chi connectivity index (χ1) is 7.94. The molecule has 1 fully saturated rings. The molecule has 0 aromatic rings. The molecule has 2 atom stereocenters. The van der Waals surface area contributed by atoms with Crippen molar-refractivity contribution in [3.05, 3.63) is 0 Å². The average Bonchev–Trinajstić information content (AvgIpc) is 2.25. The molecule has 102 valence electrons. The third kappa shape index (κ3) is 5.36. The summed E-state index contributed by atoms with van der Waals surface area (Å²) in [5.74, 6) is 0.693. The lowest BCUT2D eigenvalue weighted by Gasteiger charge is -2.35. The van der Waals surface area contributed by atoms with E-state index in [-0.39, 0.29) is 0 Å². The molecular formula is C14H31N3. The number of nitrogens with two attached hydrogens (primary N) is 1. The Bertz CT molecular complexity index is 214. The minimum absolute atomic E-state index is 0.333. The van der Waals surface area contributed by atoms with Crippen LogP contribution in [0.3, 0.4) is 0 Å². The van der Waals surface area contributed by atoms with Gasteiger partial charge in [0, 0.05) is 19.1 Å². The number of nitrogens with one attached hydrogen (secondary N) is 1. The van der Waals surface area contributed by atoms with E-state index in [2.05, 4.69) is 38.2 Å². The summed E-state index contributed by atoms with van der Waals surface area (Å²) in [7, 11) is 4.29. The molecule has 1 aliphatic carbocycles. The lowest BCUT2D eigenvalue weighted by Crippen LogP contribution is -2.47. The summed E-state index contributed by atoms with van der Waals surface area (Å²) < 4.78 is 0. The Morgan fingerprint density at radius 1 is 1.24 bits per heavy atom. The predicted molar refractivity (Wildman–Crippen MR) is 75.1 cm³/mol. The molecule has 0 aromatic carbocycles. The maximum Gasteiger partial charge on any atom is 0.0108 e. The Hall–Kier alpha value is -0.120. The van der Waals surface area contributed by atoms with Crippen LogP contribution in [0.1, 0.15) is 39.5 Å². The van der Waals surface area contributed by atoms with Gasteiger partial charge in [-0.2, -0.15) is 0 Å². The van der Waals surface area contributed by atoms with Crippen LogP contribution in [0.5, 0.6) is 0 Å². The second-order valence-electron chi connectivity index (χ2n) is 6.67. The highest BCUT2D eigenvalue weighted by Crippen LogP contribution is 2.24. The van der Waals surface area contributed by atoms with E-state index in [0.717, 1.165) is 19.6 Å². The van der Waals surface area contributed by atoms with Gasteiger partial charge in [-0.05, 0) is 44.8 Å². The quantitative estimate of drug-likeness (QED) is 0.743. The van der Waals surface area contributed by atoms with Crippen LogP contribution in [0.15, 0.2) is 0 Å². The highest BCUT2D eigenvalue weighted by molar-refractivity contribution is 4.84. The zero-order chi connectivity index (χ0) is 12.9. The largest absolute Gasteiger partial charge is 0.330 e. The maximum absolute atomic E-state index is 5.87. The molecule has 3 nitrogen and oxygen atoms in total. The fraction of sp³-hybridized carbons (Fsp3) is 1.00. The van der Waals surface area contributed by atoms with Crippen molar-refractivity contribution in [2.75, 3.05) is 33.7 Å². The average molecular weight is 241 g/mol. The second kappa shape index (κ2) is 6.72. The van der Waals surface area contributed by atoms with Gasteiger partial charge in [0.1, 0.15) is 0 Å². The van der Waals surface area contributed by atoms with Gasteiger partial charge in [0.25, 0.3) is 0 Å². The van der Waals surface area contributed by atoms with Crippen LogP contribution in [-0.4, -0.2) is 44.7 Å². The molecule has 3 heteroatoms. The number of rotatable bonds is 6. The van der Waals surface area contributed by atoms with E-state index in [4.69, 9.17) is 5.73 Å². The van der Waals surface area contributed by atoms with Crippen LogP contribution in [0, 0.1) is 11.3 Å². The molecule has 1 rings (SSSR count). The first-order valence-electron chi connectivity index (χ1n) is 7.03. The summed E-state index contributed by atoms with van der Waals surface area (Å²) in [5, 5.41) is 3.76. The van der Waals surface area contributed by atoms with E-state index in [1.807, 2.05) is 0 Å². The van der Waals surface area contributed by atoms with Gasteiger partial charge in [-0.1, -0.05) is 26.7 Å². The monoisotopic (exact) mass is 241 g/mol. The summed E-state index contributed by atoms with van der Waals surface area (Å²) in [6.07, 6.45) is 5.34.